The summed E-state index contributed by atoms with van der Waals surface area (Å²) in [5.74, 6) is 1.70. The van der Waals surface area contributed by atoms with Crippen molar-refractivity contribution >= 4 is 17.7 Å². The number of hydrogen-bond donors (Lipinski definition) is 0. The highest BCUT2D eigenvalue weighted by atomic mass is 32.2. The number of methoxy groups -OCH3 is 1. The molecule has 0 N–H and O–H groups in total. The average molecular weight is 375 g/mol. The van der Waals surface area contributed by atoms with E-state index in [0.717, 1.165) is 35.1 Å². The molecule has 0 amide bonds. The number of thioether (sulfide) groups is 1. The van der Waals surface area contributed by atoms with E-state index >= 15 is 0 Å². The molecule has 1 aliphatic rings. The van der Waals surface area contributed by atoms with Gasteiger partial charge in [-0.3, -0.25) is 9.36 Å². The molecule has 0 saturated heterocycles. The van der Waals surface area contributed by atoms with Crippen LogP contribution in [0.3, 0.4) is 0 Å². The van der Waals surface area contributed by atoms with E-state index in [1.807, 2.05) is 31.2 Å². The van der Waals surface area contributed by atoms with Crippen LogP contribution in [0.1, 0.15) is 45.1 Å². The molecule has 3 rings (SSSR count). The molecule has 1 saturated carbocycles. The van der Waals surface area contributed by atoms with E-state index in [9.17, 15) is 4.79 Å². The summed E-state index contributed by atoms with van der Waals surface area (Å²) in [6, 6.07) is 8.24. The molecule has 7 heteroatoms. The van der Waals surface area contributed by atoms with Gasteiger partial charge >= 0.3 is 5.97 Å². The molecule has 0 atom stereocenters. The molecule has 0 bridgehead atoms. The van der Waals surface area contributed by atoms with Crippen LogP contribution in [-0.2, 0) is 9.53 Å². The molecule has 1 heterocycles. The molecule has 1 aliphatic carbocycles. The SMILES string of the molecule is CCOC(=O)CSc1nnc(-c2ccc(OC)cc2)n1C1CCCCC1. The van der Waals surface area contributed by atoms with Crippen molar-refractivity contribution in [2.45, 2.75) is 50.2 Å². The minimum atomic E-state index is -0.221. The Bertz CT molecular complexity index is 724. The van der Waals surface area contributed by atoms with E-state index in [4.69, 9.17) is 9.47 Å². The van der Waals surface area contributed by atoms with Crippen LogP contribution >= 0.6 is 11.8 Å². The van der Waals surface area contributed by atoms with E-state index < -0.39 is 0 Å². The van der Waals surface area contributed by atoms with Crippen molar-refractivity contribution in [2.75, 3.05) is 19.5 Å². The molecular formula is C19H25N3O3S. The molecule has 0 spiro atoms. The lowest BCUT2D eigenvalue weighted by atomic mass is 9.95. The molecule has 0 radical (unpaired) electrons. The summed E-state index contributed by atoms with van der Waals surface area (Å²) in [6.45, 7) is 2.21. The first-order valence-electron chi connectivity index (χ1n) is 9.10. The fourth-order valence-electron chi connectivity index (χ4n) is 3.31. The van der Waals surface area contributed by atoms with Gasteiger partial charge in [-0.1, -0.05) is 31.0 Å². The van der Waals surface area contributed by atoms with Gasteiger partial charge < -0.3 is 9.47 Å². The predicted molar refractivity (Wildman–Crippen MR) is 101 cm³/mol. The molecule has 26 heavy (non-hydrogen) atoms. The number of esters is 1. The van der Waals surface area contributed by atoms with Gasteiger partial charge in [0.05, 0.1) is 19.5 Å². The molecule has 1 aromatic heterocycles. The Balaban J connectivity index is 1.88. The number of carbonyl (C=O) groups is 1. The third-order valence-corrected chi connectivity index (χ3v) is 5.49. The fraction of sp³-hybridized carbons (Fsp3) is 0.526. The summed E-state index contributed by atoms with van der Waals surface area (Å²) >= 11 is 1.40. The van der Waals surface area contributed by atoms with Crippen LogP contribution in [0.4, 0.5) is 0 Å². The third kappa shape index (κ3) is 4.38. The molecule has 0 aliphatic heterocycles. The largest absolute Gasteiger partial charge is 0.497 e. The third-order valence-electron chi connectivity index (χ3n) is 4.58. The van der Waals surface area contributed by atoms with Gasteiger partial charge in [0.1, 0.15) is 5.75 Å². The first-order chi connectivity index (χ1) is 12.7. The first-order valence-corrected chi connectivity index (χ1v) is 10.1. The number of aromatic nitrogens is 3. The van der Waals surface area contributed by atoms with Crippen LogP contribution in [-0.4, -0.2) is 40.2 Å². The van der Waals surface area contributed by atoms with E-state index in [1.165, 1.54) is 31.0 Å². The van der Waals surface area contributed by atoms with Gasteiger partial charge in [-0.15, -0.1) is 10.2 Å². The number of nitrogens with zero attached hydrogens (tertiary/aromatic N) is 3. The molecule has 0 unspecified atom stereocenters. The lowest BCUT2D eigenvalue weighted by Gasteiger charge is -2.25. The maximum Gasteiger partial charge on any atom is 0.316 e. The summed E-state index contributed by atoms with van der Waals surface area (Å²) in [4.78, 5) is 11.7. The Morgan fingerprint density at radius 2 is 1.92 bits per heavy atom. The quantitative estimate of drug-likeness (QED) is 0.536. The molecule has 6 nitrogen and oxygen atoms in total. The van der Waals surface area contributed by atoms with E-state index in [1.54, 1.807) is 7.11 Å². The number of benzene rings is 1. The van der Waals surface area contributed by atoms with Crippen LogP contribution < -0.4 is 4.74 Å². The highest BCUT2D eigenvalue weighted by molar-refractivity contribution is 7.99. The summed E-state index contributed by atoms with van der Waals surface area (Å²) < 4.78 is 12.5. The van der Waals surface area contributed by atoms with Crippen molar-refractivity contribution in [1.82, 2.24) is 14.8 Å². The first kappa shape index (κ1) is 18.8. The zero-order valence-electron chi connectivity index (χ0n) is 15.3. The van der Waals surface area contributed by atoms with Crippen LogP contribution in [0.5, 0.6) is 5.75 Å². The Labute approximate surface area is 158 Å². The summed E-state index contributed by atoms with van der Waals surface area (Å²) in [5.41, 5.74) is 1.01. The van der Waals surface area contributed by atoms with Crippen LogP contribution in [0.2, 0.25) is 0 Å². The Kier molecular flexibility index (Phi) is 6.55. The Morgan fingerprint density at radius 1 is 1.19 bits per heavy atom. The monoisotopic (exact) mass is 375 g/mol. The van der Waals surface area contributed by atoms with Crippen molar-refractivity contribution in [1.29, 1.82) is 0 Å². The van der Waals surface area contributed by atoms with Gasteiger partial charge in [0.2, 0.25) is 0 Å². The summed E-state index contributed by atoms with van der Waals surface area (Å²) in [5, 5.41) is 9.61. The van der Waals surface area contributed by atoms with Gasteiger partial charge in [-0.25, -0.2) is 0 Å². The normalized spacial score (nSPS) is 15.0. The fourth-order valence-corrected chi connectivity index (χ4v) is 4.11. The number of hydrogen-bond acceptors (Lipinski definition) is 6. The molecular weight excluding hydrogens is 350 g/mol. The summed E-state index contributed by atoms with van der Waals surface area (Å²) in [7, 11) is 1.66. The van der Waals surface area contributed by atoms with E-state index in [0.29, 0.717) is 12.6 Å². The van der Waals surface area contributed by atoms with Crippen LogP contribution in [0.15, 0.2) is 29.4 Å². The van der Waals surface area contributed by atoms with Gasteiger partial charge in [-0.05, 0) is 44.0 Å². The molecule has 140 valence electrons. The summed E-state index contributed by atoms with van der Waals surface area (Å²) in [6.07, 6.45) is 5.95. The molecule has 1 fully saturated rings. The zero-order valence-corrected chi connectivity index (χ0v) is 16.1. The van der Waals surface area contributed by atoms with Crippen molar-refractivity contribution in [2.24, 2.45) is 0 Å². The second-order valence-corrected chi connectivity index (χ2v) is 7.23. The zero-order chi connectivity index (χ0) is 18.4. The average Bonchev–Trinajstić information content (AvgIpc) is 3.11. The lowest BCUT2D eigenvalue weighted by Crippen LogP contribution is -2.16. The standard InChI is InChI=1S/C19H25N3O3S/c1-3-25-17(23)13-26-19-21-20-18(14-9-11-16(24-2)12-10-14)22(19)15-7-5-4-6-8-15/h9-12,15H,3-8,13H2,1-2H3. The van der Waals surface area contributed by atoms with Crippen molar-refractivity contribution in [3.05, 3.63) is 24.3 Å². The second kappa shape index (κ2) is 9.07. The number of rotatable bonds is 7. The minimum Gasteiger partial charge on any atom is -0.497 e. The molecule has 2 aromatic rings. The second-order valence-electron chi connectivity index (χ2n) is 6.29. The van der Waals surface area contributed by atoms with Gasteiger partial charge in [-0.2, -0.15) is 0 Å². The van der Waals surface area contributed by atoms with Crippen molar-refractivity contribution in [3.8, 4) is 17.1 Å². The van der Waals surface area contributed by atoms with Crippen molar-refractivity contribution in [3.63, 3.8) is 0 Å². The number of ether oxygens (including phenoxy) is 2. The maximum atomic E-state index is 11.7. The number of carbonyl (C=O) groups excluding carboxylic acids is 1. The predicted octanol–water partition coefficient (Wildman–Crippen LogP) is 4.11. The van der Waals surface area contributed by atoms with Crippen molar-refractivity contribution < 1.29 is 14.3 Å². The van der Waals surface area contributed by atoms with Gasteiger partial charge in [0.15, 0.2) is 11.0 Å². The topological polar surface area (TPSA) is 66.2 Å². The van der Waals surface area contributed by atoms with E-state index in [2.05, 4.69) is 14.8 Å². The minimum absolute atomic E-state index is 0.221. The molecule has 1 aromatic carbocycles. The highest BCUT2D eigenvalue weighted by Crippen LogP contribution is 2.35. The van der Waals surface area contributed by atoms with Crippen LogP contribution in [0.25, 0.3) is 11.4 Å². The van der Waals surface area contributed by atoms with Gasteiger partial charge in [0.25, 0.3) is 0 Å². The highest BCUT2D eigenvalue weighted by Gasteiger charge is 2.24. The lowest BCUT2D eigenvalue weighted by molar-refractivity contribution is -0.139. The van der Waals surface area contributed by atoms with Crippen LogP contribution in [0, 0.1) is 0 Å². The maximum absolute atomic E-state index is 11.7. The van der Waals surface area contributed by atoms with Gasteiger partial charge in [0, 0.05) is 11.6 Å². The Hall–Kier alpha value is -2.02. The Morgan fingerprint density at radius 3 is 2.58 bits per heavy atom. The smallest absolute Gasteiger partial charge is 0.316 e. The van der Waals surface area contributed by atoms with E-state index in [-0.39, 0.29) is 11.7 Å².